The molecule has 1 saturated heterocycles. The second kappa shape index (κ2) is 6.74. The number of guanidine groups is 1. The van der Waals surface area contributed by atoms with Crippen molar-refractivity contribution in [2.45, 2.75) is 38.7 Å². The van der Waals surface area contributed by atoms with E-state index < -0.39 is 6.43 Å². The van der Waals surface area contributed by atoms with E-state index >= 15 is 0 Å². The fraction of sp³-hybridized carbons (Fsp3) is 0.909. The van der Waals surface area contributed by atoms with Crippen molar-refractivity contribution in [3.63, 3.8) is 0 Å². The van der Waals surface area contributed by atoms with Gasteiger partial charge >= 0.3 is 0 Å². The van der Waals surface area contributed by atoms with Gasteiger partial charge in [-0.1, -0.05) is 0 Å². The number of alkyl halides is 2. The van der Waals surface area contributed by atoms with Gasteiger partial charge in [0.05, 0.1) is 18.7 Å². The molecule has 2 N–H and O–H groups in total. The molecule has 1 unspecified atom stereocenters. The maximum atomic E-state index is 12.1. The Morgan fingerprint density at radius 3 is 2.76 bits per heavy atom. The summed E-state index contributed by atoms with van der Waals surface area (Å²) in [5.41, 5.74) is -0.243. The highest BCUT2D eigenvalue weighted by Crippen LogP contribution is 2.24. The molecule has 0 aromatic rings. The summed E-state index contributed by atoms with van der Waals surface area (Å²) in [7, 11) is 0. The van der Waals surface area contributed by atoms with Crippen LogP contribution in [0.15, 0.2) is 4.99 Å². The van der Waals surface area contributed by atoms with Crippen molar-refractivity contribution in [3.05, 3.63) is 0 Å². The van der Waals surface area contributed by atoms with Crippen LogP contribution < -0.4 is 10.6 Å². The molecule has 1 heterocycles. The van der Waals surface area contributed by atoms with E-state index in [1.54, 1.807) is 0 Å². The molecule has 0 radical (unpaired) electrons. The molecule has 1 aliphatic rings. The molecule has 100 valence electrons. The van der Waals surface area contributed by atoms with Crippen LogP contribution in [0.5, 0.6) is 0 Å². The van der Waals surface area contributed by atoms with Crippen LogP contribution in [-0.4, -0.2) is 44.2 Å². The van der Waals surface area contributed by atoms with Gasteiger partial charge in [-0.15, -0.1) is 0 Å². The second-order valence-electron chi connectivity index (χ2n) is 4.37. The fourth-order valence-electron chi connectivity index (χ4n) is 1.72. The van der Waals surface area contributed by atoms with Gasteiger partial charge in [-0.2, -0.15) is 0 Å². The van der Waals surface area contributed by atoms with Crippen LogP contribution in [0.25, 0.3) is 0 Å². The molecule has 17 heavy (non-hydrogen) atoms. The summed E-state index contributed by atoms with van der Waals surface area (Å²) in [4.78, 5) is 4.28. The number of hydrogen-bond acceptors (Lipinski definition) is 2. The molecule has 0 aromatic heterocycles. The largest absolute Gasteiger partial charge is 0.373 e. The quantitative estimate of drug-likeness (QED) is 0.571. The lowest BCUT2D eigenvalue weighted by Crippen LogP contribution is -2.41. The summed E-state index contributed by atoms with van der Waals surface area (Å²) in [6.07, 6.45) is -0.380. The molecular weight excluding hydrogens is 228 g/mol. The SMILES string of the molecule is CCNC(=NCC1(C)CCCO1)NCC(F)F. The van der Waals surface area contributed by atoms with E-state index in [-0.39, 0.29) is 12.1 Å². The van der Waals surface area contributed by atoms with E-state index in [0.717, 1.165) is 19.4 Å². The highest BCUT2D eigenvalue weighted by molar-refractivity contribution is 5.79. The van der Waals surface area contributed by atoms with E-state index in [2.05, 4.69) is 15.6 Å². The highest BCUT2D eigenvalue weighted by Gasteiger charge is 2.29. The number of nitrogens with zero attached hydrogens (tertiary/aromatic N) is 1. The van der Waals surface area contributed by atoms with Gasteiger partial charge in [0.25, 0.3) is 6.43 Å². The molecule has 1 atom stereocenters. The first kappa shape index (κ1) is 14.2. The van der Waals surface area contributed by atoms with Crippen molar-refractivity contribution in [1.29, 1.82) is 0 Å². The molecule has 0 aromatic carbocycles. The zero-order valence-electron chi connectivity index (χ0n) is 10.4. The van der Waals surface area contributed by atoms with Crippen LogP contribution in [-0.2, 0) is 4.74 Å². The molecule has 1 aliphatic heterocycles. The number of halogens is 2. The summed E-state index contributed by atoms with van der Waals surface area (Å²) in [5, 5.41) is 5.52. The van der Waals surface area contributed by atoms with Gasteiger partial charge in [-0.3, -0.25) is 4.99 Å². The molecule has 4 nitrogen and oxygen atoms in total. The number of ether oxygens (including phenoxy) is 1. The first-order chi connectivity index (χ1) is 8.06. The Balaban J connectivity index is 2.44. The molecule has 6 heteroatoms. The van der Waals surface area contributed by atoms with E-state index in [0.29, 0.717) is 19.0 Å². The Morgan fingerprint density at radius 2 is 2.24 bits per heavy atom. The molecule has 0 amide bonds. The maximum Gasteiger partial charge on any atom is 0.255 e. The van der Waals surface area contributed by atoms with Gasteiger partial charge < -0.3 is 15.4 Å². The smallest absolute Gasteiger partial charge is 0.255 e. The van der Waals surface area contributed by atoms with Crippen molar-refractivity contribution < 1.29 is 13.5 Å². The Morgan fingerprint density at radius 1 is 1.47 bits per heavy atom. The van der Waals surface area contributed by atoms with Crippen LogP contribution in [0, 0.1) is 0 Å². The monoisotopic (exact) mass is 249 g/mol. The second-order valence-corrected chi connectivity index (χ2v) is 4.37. The third kappa shape index (κ3) is 5.30. The zero-order valence-corrected chi connectivity index (χ0v) is 10.4. The number of nitrogens with one attached hydrogen (secondary N) is 2. The average molecular weight is 249 g/mol. The lowest BCUT2D eigenvalue weighted by atomic mass is 10.0. The Kier molecular flexibility index (Phi) is 5.61. The Labute approximate surface area is 101 Å². The Hall–Kier alpha value is -0.910. The van der Waals surface area contributed by atoms with Crippen molar-refractivity contribution in [3.8, 4) is 0 Å². The molecule has 1 rings (SSSR count). The van der Waals surface area contributed by atoms with Gasteiger partial charge in [-0.05, 0) is 26.7 Å². The first-order valence-corrected chi connectivity index (χ1v) is 6.00. The summed E-state index contributed by atoms with van der Waals surface area (Å²) >= 11 is 0. The molecular formula is C11H21F2N3O. The third-order valence-corrected chi connectivity index (χ3v) is 2.64. The first-order valence-electron chi connectivity index (χ1n) is 6.00. The highest BCUT2D eigenvalue weighted by atomic mass is 19.3. The molecule has 0 bridgehead atoms. The molecule has 0 saturated carbocycles. The molecule has 0 spiro atoms. The fourth-order valence-corrected chi connectivity index (χ4v) is 1.72. The predicted octanol–water partition coefficient (Wildman–Crippen LogP) is 1.38. The minimum atomic E-state index is -2.38. The molecule has 0 aliphatic carbocycles. The van der Waals surface area contributed by atoms with E-state index in [4.69, 9.17) is 4.74 Å². The number of hydrogen-bond donors (Lipinski definition) is 2. The normalized spacial score (nSPS) is 25.4. The van der Waals surface area contributed by atoms with Crippen molar-refractivity contribution in [2.75, 3.05) is 26.2 Å². The lowest BCUT2D eigenvalue weighted by molar-refractivity contribution is 0.0283. The van der Waals surface area contributed by atoms with Crippen LogP contribution in [0.2, 0.25) is 0 Å². The Bertz CT molecular complexity index is 253. The van der Waals surface area contributed by atoms with Crippen molar-refractivity contribution in [2.24, 2.45) is 4.99 Å². The van der Waals surface area contributed by atoms with Crippen molar-refractivity contribution in [1.82, 2.24) is 10.6 Å². The summed E-state index contributed by atoms with van der Waals surface area (Å²) < 4.78 is 29.7. The van der Waals surface area contributed by atoms with Gasteiger partial charge in [0.15, 0.2) is 5.96 Å². The summed E-state index contributed by atoms with van der Waals surface area (Å²) in [6.45, 7) is 5.40. The minimum Gasteiger partial charge on any atom is -0.373 e. The van der Waals surface area contributed by atoms with Crippen molar-refractivity contribution >= 4 is 5.96 Å². The van der Waals surface area contributed by atoms with Crippen LogP contribution in [0.3, 0.4) is 0 Å². The van der Waals surface area contributed by atoms with Gasteiger partial charge in [0.2, 0.25) is 0 Å². The van der Waals surface area contributed by atoms with Crippen LogP contribution >= 0.6 is 0 Å². The predicted molar refractivity (Wildman–Crippen MR) is 63.6 cm³/mol. The molecule has 1 fully saturated rings. The van der Waals surface area contributed by atoms with E-state index in [9.17, 15) is 8.78 Å². The minimum absolute atomic E-state index is 0.243. The number of rotatable bonds is 5. The van der Waals surface area contributed by atoms with Crippen LogP contribution in [0.1, 0.15) is 26.7 Å². The van der Waals surface area contributed by atoms with Crippen LogP contribution in [0.4, 0.5) is 8.78 Å². The van der Waals surface area contributed by atoms with E-state index in [1.807, 2.05) is 13.8 Å². The average Bonchev–Trinajstić information content (AvgIpc) is 2.70. The topological polar surface area (TPSA) is 45.7 Å². The summed E-state index contributed by atoms with van der Waals surface area (Å²) in [6, 6.07) is 0. The zero-order chi connectivity index (χ0) is 12.7. The van der Waals surface area contributed by atoms with Gasteiger partial charge in [0, 0.05) is 13.2 Å². The maximum absolute atomic E-state index is 12.1. The lowest BCUT2D eigenvalue weighted by Gasteiger charge is -2.21. The standard InChI is InChI=1S/C11H21F2N3O/c1-3-14-10(15-7-9(12)13)16-8-11(2)5-4-6-17-11/h9H,3-8H2,1-2H3,(H2,14,15,16). The van der Waals surface area contributed by atoms with E-state index in [1.165, 1.54) is 0 Å². The summed E-state index contributed by atoms with van der Waals surface area (Å²) in [5.74, 6) is 0.421. The number of aliphatic imine (C=N–C) groups is 1. The third-order valence-electron chi connectivity index (χ3n) is 2.64. The van der Waals surface area contributed by atoms with Gasteiger partial charge in [0.1, 0.15) is 0 Å². The van der Waals surface area contributed by atoms with Gasteiger partial charge in [-0.25, -0.2) is 8.78 Å².